The molecule has 0 aliphatic rings. The fourth-order valence-corrected chi connectivity index (χ4v) is 3.02. The summed E-state index contributed by atoms with van der Waals surface area (Å²) in [5.74, 6) is -0.0515. The second kappa shape index (κ2) is 10.7. The van der Waals surface area contributed by atoms with Crippen LogP contribution in [0.3, 0.4) is 0 Å². The molecule has 0 aliphatic heterocycles. The highest BCUT2D eigenvalue weighted by Crippen LogP contribution is 2.12. The summed E-state index contributed by atoms with van der Waals surface area (Å²) in [6.07, 6.45) is 6.21. The maximum atomic E-state index is 12.0. The number of nitrogens with one attached hydrogen (secondary N) is 1. The number of aryl methyl sites for hydroxylation is 2. The Balaban J connectivity index is 1.80. The van der Waals surface area contributed by atoms with Crippen LogP contribution in [0.4, 0.5) is 0 Å². The maximum Gasteiger partial charge on any atom is 0.236 e. The number of hydrogen-bond acceptors (Lipinski definition) is 2. The second-order valence-electron chi connectivity index (χ2n) is 6.75. The zero-order valence-corrected chi connectivity index (χ0v) is 15.2. The molecular formula is C22H30N2O. The Morgan fingerprint density at radius 3 is 1.72 bits per heavy atom. The Bertz CT molecular complexity index is 565. The number of carbonyl (C=O) groups excluding carboxylic acids is 1. The molecule has 1 amide bonds. The van der Waals surface area contributed by atoms with Crippen LogP contribution in [0.5, 0.6) is 0 Å². The van der Waals surface area contributed by atoms with E-state index in [2.05, 4.69) is 53.8 Å². The first-order valence-corrected chi connectivity index (χ1v) is 9.29. The van der Waals surface area contributed by atoms with Crippen molar-refractivity contribution in [2.75, 3.05) is 0 Å². The van der Waals surface area contributed by atoms with Gasteiger partial charge in [-0.05, 0) is 56.6 Å². The van der Waals surface area contributed by atoms with E-state index in [-0.39, 0.29) is 11.9 Å². The van der Waals surface area contributed by atoms with Crippen molar-refractivity contribution in [3.8, 4) is 0 Å². The SMILES string of the molecule is C[C@H](N)C(=O)NC(CCCc1ccccc1)CCCc1ccccc1. The summed E-state index contributed by atoms with van der Waals surface area (Å²) in [6.45, 7) is 1.74. The second-order valence-corrected chi connectivity index (χ2v) is 6.75. The van der Waals surface area contributed by atoms with Gasteiger partial charge in [0.2, 0.25) is 5.91 Å². The lowest BCUT2D eigenvalue weighted by Gasteiger charge is -2.20. The topological polar surface area (TPSA) is 55.1 Å². The minimum Gasteiger partial charge on any atom is -0.352 e. The lowest BCUT2D eigenvalue weighted by molar-refractivity contribution is -0.122. The van der Waals surface area contributed by atoms with Crippen LogP contribution in [0, 0.1) is 0 Å². The van der Waals surface area contributed by atoms with E-state index in [9.17, 15) is 4.79 Å². The summed E-state index contributed by atoms with van der Waals surface area (Å²) in [5.41, 5.74) is 8.41. The summed E-state index contributed by atoms with van der Waals surface area (Å²) in [5, 5.41) is 3.13. The van der Waals surface area contributed by atoms with Gasteiger partial charge in [-0.3, -0.25) is 4.79 Å². The van der Waals surface area contributed by atoms with Gasteiger partial charge in [0.05, 0.1) is 6.04 Å². The summed E-state index contributed by atoms with van der Waals surface area (Å²) >= 11 is 0. The molecule has 134 valence electrons. The third kappa shape index (κ3) is 7.53. The average Bonchev–Trinajstić information content (AvgIpc) is 2.63. The zero-order chi connectivity index (χ0) is 17.9. The molecule has 0 fully saturated rings. The lowest BCUT2D eigenvalue weighted by Crippen LogP contribution is -2.44. The molecule has 0 saturated carbocycles. The first-order chi connectivity index (χ1) is 12.1. The van der Waals surface area contributed by atoms with E-state index in [0.717, 1.165) is 38.5 Å². The van der Waals surface area contributed by atoms with Crippen LogP contribution in [-0.4, -0.2) is 18.0 Å². The quantitative estimate of drug-likeness (QED) is 0.691. The molecule has 2 rings (SSSR count). The van der Waals surface area contributed by atoms with Crippen molar-refractivity contribution >= 4 is 5.91 Å². The number of rotatable bonds is 10. The van der Waals surface area contributed by atoms with E-state index in [0.29, 0.717) is 0 Å². The van der Waals surface area contributed by atoms with Gasteiger partial charge in [-0.2, -0.15) is 0 Å². The summed E-state index contributed by atoms with van der Waals surface area (Å²) in [6, 6.07) is 20.8. The molecule has 3 heteroatoms. The highest BCUT2D eigenvalue weighted by atomic mass is 16.2. The highest BCUT2D eigenvalue weighted by Gasteiger charge is 2.14. The van der Waals surface area contributed by atoms with Gasteiger partial charge in [-0.15, -0.1) is 0 Å². The number of nitrogens with two attached hydrogens (primary N) is 1. The van der Waals surface area contributed by atoms with E-state index < -0.39 is 6.04 Å². The lowest BCUT2D eigenvalue weighted by atomic mass is 9.99. The summed E-state index contributed by atoms with van der Waals surface area (Å²) in [4.78, 5) is 12.0. The predicted molar refractivity (Wildman–Crippen MR) is 104 cm³/mol. The van der Waals surface area contributed by atoms with Crippen molar-refractivity contribution in [3.63, 3.8) is 0 Å². The van der Waals surface area contributed by atoms with Crippen molar-refractivity contribution in [2.24, 2.45) is 5.73 Å². The predicted octanol–water partition coefficient (Wildman–Crippen LogP) is 3.86. The van der Waals surface area contributed by atoms with E-state index in [1.165, 1.54) is 11.1 Å². The fraction of sp³-hybridized carbons (Fsp3) is 0.409. The van der Waals surface area contributed by atoms with E-state index in [1.54, 1.807) is 6.92 Å². The molecule has 2 aromatic carbocycles. The third-order valence-electron chi connectivity index (χ3n) is 4.48. The number of amides is 1. The molecule has 0 bridgehead atoms. The first kappa shape index (κ1) is 19.2. The minimum absolute atomic E-state index is 0.0515. The molecule has 0 saturated heterocycles. The largest absolute Gasteiger partial charge is 0.352 e. The van der Waals surface area contributed by atoms with Gasteiger partial charge < -0.3 is 11.1 Å². The minimum atomic E-state index is -0.453. The van der Waals surface area contributed by atoms with Crippen LogP contribution in [-0.2, 0) is 17.6 Å². The van der Waals surface area contributed by atoms with Gasteiger partial charge >= 0.3 is 0 Å². The molecule has 0 aliphatic carbocycles. The fourth-order valence-electron chi connectivity index (χ4n) is 3.02. The van der Waals surface area contributed by atoms with Crippen LogP contribution in [0.25, 0.3) is 0 Å². The van der Waals surface area contributed by atoms with E-state index >= 15 is 0 Å². The molecule has 25 heavy (non-hydrogen) atoms. The van der Waals surface area contributed by atoms with Gasteiger partial charge in [0.15, 0.2) is 0 Å². The molecule has 1 atom stereocenters. The van der Waals surface area contributed by atoms with Crippen LogP contribution in [0.1, 0.15) is 43.7 Å². The number of hydrogen-bond donors (Lipinski definition) is 2. The number of benzene rings is 2. The maximum absolute atomic E-state index is 12.0. The molecule has 0 unspecified atom stereocenters. The Morgan fingerprint density at radius 1 is 0.880 bits per heavy atom. The van der Waals surface area contributed by atoms with Gasteiger partial charge in [-0.25, -0.2) is 0 Å². The molecule has 3 nitrogen and oxygen atoms in total. The van der Waals surface area contributed by atoms with Crippen molar-refractivity contribution in [2.45, 2.75) is 57.5 Å². The summed E-state index contributed by atoms with van der Waals surface area (Å²) < 4.78 is 0. The van der Waals surface area contributed by atoms with Crippen molar-refractivity contribution in [1.82, 2.24) is 5.32 Å². The van der Waals surface area contributed by atoms with E-state index in [4.69, 9.17) is 5.73 Å². The molecule has 0 aromatic heterocycles. The van der Waals surface area contributed by atoms with Crippen LogP contribution < -0.4 is 11.1 Å². The molecule has 0 spiro atoms. The molecule has 0 heterocycles. The van der Waals surface area contributed by atoms with Gasteiger partial charge in [0.1, 0.15) is 0 Å². The van der Waals surface area contributed by atoms with E-state index in [1.807, 2.05) is 12.1 Å². The average molecular weight is 338 g/mol. The monoisotopic (exact) mass is 338 g/mol. The zero-order valence-electron chi connectivity index (χ0n) is 15.2. The molecule has 3 N–H and O–H groups in total. The first-order valence-electron chi connectivity index (χ1n) is 9.29. The molecule has 2 aromatic rings. The normalized spacial score (nSPS) is 12.1. The smallest absolute Gasteiger partial charge is 0.236 e. The Kier molecular flexibility index (Phi) is 8.20. The molecule has 0 radical (unpaired) electrons. The Morgan fingerprint density at radius 2 is 1.32 bits per heavy atom. The van der Waals surface area contributed by atoms with Gasteiger partial charge in [0, 0.05) is 6.04 Å². The standard InChI is InChI=1S/C22H30N2O/c1-18(23)22(25)24-21(16-8-14-19-10-4-2-5-11-19)17-9-15-20-12-6-3-7-13-20/h2-7,10-13,18,21H,8-9,14-17,23H2,1H3,(H,24,25)/t18-/m0/s1. The van der Waals surface area contributed by atoms with Crippen LogP contribution in [0.2, 0.25) is 0 Å². The third-order valence-corrected chi connectivity index (χ3v) is 4.48. The Hall–Kier alpha value is -2.13. The van der Waals surface area contributed by atoms with Crippen molar-refractivity contribution < 1.29 is 4.79 Å². The van der Waals surface area contributed by atoms with Crippen molar-refractivity contribution in [3.05, 3.63) is 71.8 Å². The summed E-state index contributed by atoms with van der Waals surface area (Å²) in [7, 11) is 0. The van der Waals surface area contributed by atoms with Crippen LogP contribution in [0.15, 0.2) is 60.7 Å². The highest BCUT2D eigenvalue weighted by molar-refractivity contribution is 5.81. The van der Waals surface area contributed by atoms with Gasteiger partial charge in [-0.1, -0.05) is 60.7 Å². The van der Waals surface area contributed by atoms with Crippen LogP contribution >= 0.6 is 0 Å². The Labute approximate surface area is 151 Å². The van der Waals surface area contributed by atoms with Gasteiger partial charge in [0.25, 0.3) is 0 Å². The molecular weight excluding hydrogens is 308 g/mol. The number of carbonyl (C=O) groups is 1. The van der Waals surface area contributed by atoms with Crippen molar-refractivity contribution in [1.29, 1.82) is 0 Å².